The largest absolute Gasteiger partial charge is 0.351 e. The monoisotopic (exact) mass is 456 g/mol. The van der Waals surface area contributed by atoms with E-state index in [0.717, 1.165) is 28.3 Å². The van der Waals surface area contributed by atoms with Crippen LogP contribution in [-0.4, -0.2) is 14.7 Å². The van der Waals surface area contributed by atoms with Gasteiger partial charge in [0.1, 0.15) is 5.82 Å². The number of anilines is 1. The van der Waals surface area contributed by atoms with E-state index >= 15 is 0 Å². The molecule has 33 heavy (non-hydrogen) atoms. The number of thiocarbonyl (C=S) groups is 1. The maximum Gasteiger partial charge on any atom is 0.174 e. The van der Waals surface area contributed by atoms with Gasteiger partial charge in [-0.1, -0.05) is 35.9 Å². The van der Waals surface area contributed by atoms with Crippen LogP contribution in [0.1, 0.15) is 40.3 Å². The van der Waals surface area contributed by atoms with Gasteiger partial charge in [-0.3, -0.25) is 4.98 Å². The van der Waals surface area contributed by atoms with Gasteiger partial charge in [0.05, 0.1) is 23.5 Å². The number of nitrogens with zero attached hydrogens (tertiary/aromatic N) is 3. The lowest BCUT2D eigenvalue weighted by Crippen LogP contribution is -2.30. The molecule has 0 radical (unpaired) electrons. The number of benzene rings is 2. The van der Waals surface area contributed by atoms with Gasteiger partial charge < -0.3 is 14.8 Å². The number of para-hydroxylation sites is 1. The highest BCUT2D eigenvalue weighted by atomic mass is 32.1. The fourth-order valence-corrected chi connectivity index (χ4v) is 5.09. The second-order valence-corrected chi connectivity index (χ2v) is 8.83. The van der Waals surface area contributed by atoms with Gasteiger partial charge in [0.2, 0.25) is 0 Å². The third kappa shape index (κ3) is 3.70. The lowest BCUT2D eigenvalue weighted by Gasteiger charge is -2.28. The van der Waals surface area contributed by atoms with E-state index < -0.39 is 0 Å². The highest BCUT2D eigenvalue weighted by Gasteiger charge is 2.43. The minimum atomic E-state index is -0.305. The van der Waals surface area contributed by atoms with Crippen LogP contribution in [0.25, 0.3) is 5.69 Å². The summed E-state index contributed by atoms with van der Waals surface area (Å²) >= 11 is 5.74. The molecule has 1 fully saturated rings. The SMILES string of the molecule is Cc1ccc(-n2c(C)cc([C@H]3[C@H](c4ccccn4)NC(=S)N3c3ccccc3F)c2C)cc1. The number of hydrogen-bond donors (Lipinski definition) is 1. The van der Waals surface area contributed by atoms with Crippen molar-refractivity contribution >= 4 is 23.0 Å². The molecule has 0 spiro atoms. The molecule has 166 valence electrons. The van der Waals surface area contributed by atoms with Crippen molar-refractivity contribution in [1.29, 1.82) is 0 Å². The standard InChI is InChI=1S/C27H25FN4S/c1-17-11-13-20(14-12-17)31-18(2)16-21(19(31)3)26-25(23-9-6-7-15-29-23)30-27(33)32(26)24-10-5-4-8-22(24)28/h4-16,25-26H,1-3H3,(H,30,33)/t25-,26-/m0/s1. The Balaban J connectivity index is 1.69. The Morgan fingerprint density at radius 3 is 2.36 bits per heavy atom. The Labute approximate surface area is 198 Å². The normalized spacial score (nSPS) is 17.9. The molecule has 0 unspecified atom stereocenters. The molecule has 4 aromatic rings. The van der Waals surface area contributed by atoms with Crippen molar-refractivity contribution in [3.63, 3.8) is 0 Å². The van der Waals surface area contributed by atoms with E-state index in [-0.39, 0.29) is 17.9 Å². The number of pyridine rings is 1. The first-order valence-electron chi connectivity index (χ1n) is 11.0. The second kappa shape index (κ2) is 8.45. The summed E-state index contributed by atoms with van der Waals surface area (Å²) in [5, 5.41) is 3.90. The quantitative estimate of drug-likeness (QED) is 0.376. The molecule has 6 heteroatoms. The second-order valence-electron chi connectivity index (χ2n) is 8.45. The van der Waals surface area contributed by atoms with Gasteiger partial charge in [0, 0.05) is 23.3 Å². The van der Waals surface area contributed by atoms with Crippen LogP contribution in [0.15, 0.2) is 79.0 Å². The smallest absolute Gasteiger partial charge is 0.174 e. The lowest BCUT2D eigenvalue weighted by molar-refractivity contribution is 0.556. The number of aromatic nitrogens is 2. The minimum absolute atomic E-state index is 0.217. The van der Waals surface area contributed by atoms with E-state index in [1.54, 1.807) is 18.3 Å². The predicted octanol–water partition coefficient (Wildman–Crippen LogP) is 6.11. The molecule has 0 amide bonds. The number of nitrogens with one attached hydrogen (secondary N) is 1. The molecule has 0 saturated carbocycles. The average Bonchev–Trinajstić information content (AvgIpc) is 3.31. The van der Waals surface area contributed by atoms with E-state index in [1.807, 2.05) is 29.2 Å². The Bertz CT molecular complexity index is 1310. The Hall–Kier alpha value is -3.51. The molecule has 3 heterocycles. The molecular formula is C27H25FN4S. The van der Waals surface area contributed by atoms with Gasteiger partial charge in [-0.25, -0.2) is 4.39 Å². The number of aryl methyl sites for hydroxylation is 2. The summed E-state index contributed by atoms with van der Waals surface area (Å²) in [6.45, 7) is 6.29. The van der Waals surface area contributed by atoms with Gasteiger partial charge in [0.25, 0.3) is 0 Å². The number of hydrogen-bond acceptors (Lipinski definition) is 2. The third-order valence-corrected chi connectivity index (χ3v) is 6.61. The van der Waals surface area contributed by atoms with E-state index in [9.17, 15) is 4.39 Å². The van der Waals surface area contributed by atoms with E-state index in [1.165, 1.54) is 11.6 Å². The Kier molecular flexibility index (Phi) is 5.46. The van der Waals surface area contributed by atoms with Crippen LogP contribution in [0.5, 0.6) is 0 Å². The highest BCUT2D eigenvalue weighted by Crippen LogP contribution is 2.44. The van der Waals surface area contributed by atoms with Crippen LogP contribution in [0.3, 0.4) is 0 Å². The third-order valence-electron chi connectivity index (χ3n) is 6.29. The molecular weight excluding hydrogens is 431 g/mol. The van der Waals surface area contributed by atoms with Gasteiger partial charge in [-0.15, -0.1) is 0 Å². The molecule has 1 N–H and O–H groups in total. The van der Waals surface area contributed by atoms with Crippen LogP contribution < -0.4 is 10.2 Å². The minimum Gasteiger partial charge on any atom is -0.351 e. The summed E-state index contributed by atoms with van der Waals surface area (Å²) in [6.07, 6.45) is 1.78. The van der Waals surface area contributed by atoms with Crippen LogP contribution >= 0.6 is 12.2 Å². The van der Waals surface area contributed by atoms with Crippen LogP contribution in [0, 0.1) is 26.6 Å². The van der Waals surface area contributed by atoms with E-state index in [2.05, 4.69) is 66.0 Å². The lowest BCUT2D eigenvalue weighted by atomic mass is 9.96. The van der Waals surface area contributed by atoms with Crippen molar-refractivity contribution in [3.8, 4) is 5.69 Å². The highest BCUT2D eigenvalue weighted by molar-refractivity contribution is 7.80. The fraction of sp³-hybridized carbons (Fsp3) is 0.185. The average molecular weight is 457 g/mol. The maximum absolute atomic E-state index is 15.0. The summed E-state index contributed by atoms with van der Waals surface area (Å²) in [5.41, 5.74) is 6.92. The first kappa shape index (κ1) is 21.3. The molecule has 5 rings (SSSR count). The molecule has 4 nitrogen and oxygen atoms in total. The topological polar surface area (TPSA) is 33.1 Å². The summed E-state index contributed by atoms with van der Waals surface area (Å²) in [4.78, 5) is 6.49. The fourth-order valence-electron chi connectivity index (χ4n) is 4.76. The van der Waals surface area contributed by atoms with Gasteiger partial charge in [-0.2, -0.15) is 0 Å². The van der Waals surface area contributed by atoms with Crippen molar-refractivity contribution < 1.29 is 4.39 Å². The van der Waals surface area contributed by atoms with Crippen molar-refractivity contribution in [1.82, 2.24) is 14.9 Å². The molecule has 1 saturated heterocycles. The Morgan fingerprint density at radius 2 is 1.67 bits per heavy atom. The molecule has 0 aliphatic carbocycles. The zero-order valence-electron chi connectivity index (χ0n) is 18.8. The number of halogens is 1. The van der Waals surface area contributed by atoms with Crippen molar-refractivity contribution in [2.75, 3.05) is 4.90 Å². The molecule has 2 aromatic carbocycles. The molecule has 1 aliphatic heterocycles. The Morgan fingerprint density at radius 1 is 0.939 bits per heavy atom. The first-order chi connectivity index (χ1) is 16.0. The van der Waals surface area contributed by atoms with Gasteiger partial charge in [0.15, 0.2) is 5.11 Å². The van der Waals surface area contributed by atoms with Gasteiger partial charge >= 0.3 is 0 Å². The maximum atomic E-state index is 15.0. The summed E-state index contributed by atoms with van der Waals surface area (Å²) in [6, 6.07) is 22.8. The molecule has 1 aliphatic rings. The van der Waals surface area contributed by atoms with E-state index in [4.69, 9.17) is 12.2 Å². The van der Waals surface area contributed by atoms with Crippen LogP contribution in [-0.2, 0) is 0 Å². The van der Waals surface area contributed by atoms with Crippen molar-refractivity contribution in [2.24, 2.45) is 0 Å². The van der Waals surface area contributed by atoms with Gasteiger partial charge in [-0.05, 0) is 81.0 Å². The van der Waals surface area contributed by atoms with Crippen molar-refractivity contribution in [3.05, 3.63) is 113 Å². The molecule has 0 bridgehead atoms. The molecule has 2 aromatic heterocycles. The molecule has 2 atom stereocenters. The first-order valence-corrected chi connectivity index (χ1v) is 11.4. The summed E-state index contributed by atoms with van der Waals surface area (Å²) in [5.74, 6) is -0.305. The van der Waals surface area contributed by atoms with Crippen LogP contribution in [0.4, 0.5) is 10.1 Å². The zero-order valence-corrected chi connectivity index (χ0v) is 19.6. The summed E-state index contributed by atoms with van der Waals surface area (Å²) < 4.78 is 17.2. The van der Waals surface area contributed by atoms with Crippen molar-refractivity contribution in [2.45, 2.75) is 32.9 Å². The predicted molar refractivity (Wildman–Crippen MR) is 134 cm³/mol. The summed E-state index contributed by atoms with van der Waals surface area (Å²) in [7, 11) is 0. The zero-order chi connectivity index (χ0) is 23.1. The van der Waals surface area contributed by atoms with Crippen LogP contribution in [0.2, 0.25) is 0 Å². The number of rotatable bonds is 4. The van der Waals surface area contributed by atoms with E-state index in [0.29, 0.717) is 10.8 Å².